The Bertz CT molecular complexity index is 1090. The largest absolute Gasteiger partial charge is 0.493 e. The van der Waals surface area contributed by atoms with Crippen LogP contribution in [0.1, 0.15) is 25.0 Å². The molecular weight excluding hydrogens is 517 g/mol. The number of benzene rings is 1. The first-order valence-corrected chi connectivity index (χ1v) is 12.3. The first-order valence-electron chi connectivity index (χ1n) is 11.0. The number of hydrogen-bond donors (Lipinski definition) is 1. The molecule has 0 spiro atoms. The fraction of sp³-hybridized carbons (Fsp3) is 0.375. The Hall–Kier alpha value is -2.76. The molecule has 1 aromatic carbocycles. The van der Waals surface area contributed by atoms with Crippen molar-refractivity contribution in [3.05, 3.63) is 51.5 Å². The van der Waals surface area contributed by atoms with Gasteiger partial charge in [-0.2, -0.15) is 13.2 Å². The third-order valence-corrected chi connectivity index (χ3v) is 6.01. The Labute approximate surface area is 217 Å². The number of ether oxygens (including phenoxy) is 2. The van der Waals surface area contributed by atoms with Crippen LogP contribution in [0.15, 0.2) is 40.4 Å². The summed E-state index contributed by atoms with van der Waals surface area (Å²) >= 11 is 6.93. The van der Waals surface area contributed by atoms with Crippen LogP contribution in [0.3, 0.4) is 0 Å². The Kier molecular flexibility index (Phi) is 11.5. The quantitative estimate of drug-likeness (QED) is 0.206. The lowest BCUT2D eigenvalue weighted by atomic mass is 10.2. The van der Waals surface area contributed by atoms with Crippen molar-refractivity contribution in [1.82, 2.24) is 15.2 Å². The summed E-state index contributed by atoms with van der Waals surface area (Å²) in [5.41, 5.74) is 0.420. The standard InChI is InChI=1S/C24H28ClF3N4O3S/c1-5-32(6-2)10-9-30-22(29-3)21(36-15-33)12-16-7-8-19(20(11-16)34-4)35-23-18(25)13-17(14-31-23)24(26,27)28/h7-8,11-15H,5-6,9-10H2,1-4H3,(H,29,30)/b21-12-. The number of carbonyl (C=O) groups excluding carboxylic acids is 1. The second kappa shape index (κ2) is 14.1. The van der Waals surface area contributed by atoms with Gasteiger partial charge in [0, 0.05) is 26.3 Å². The summed E-state index contributed by atoms with van der Waals surface area (Å²) in [7, 11) is 3.06. The summed E-state index contributed by atoms with van der Waals surface area (Å²) in [6.45, 7) is 7.53. The molecule has 0 aliphatic carbocycles. The minimum Gasteiger partial charge on any atom is -0.493 e. The van der Waals surface area contributed by atoms with Gasteiger partial charge in [0.2, 0.25) is 5.88 Å². The molecule has 0 saturated heterocycles. The number of thioether (sulfide) groups is 1. The molecule has 0 saturated carbocycles. The zero-order valence-corrected chi connectivity index (χ0v) is 21.9. The lowest BCUT2D eigenvalue weighted by Gasteiger charge is -2.19. The van der Waals surface area contributed by atoms with Gasteiger partial charge in [-0.15, -0.1) is 0 Å². The van der Waals surface area contributed by atoms with Crippen LogP contribution in [-0.4, -0.2) is 61.7 Å². The van der Waals surface area contributed by atoms with Crippen molar-refractivity contribution in [3.63, 3.8) is 0 Å². The van der Waals surface area contributed by atoms with E-state index in [1.807, 2.05) is 0 Å². The minimum atomic E-state index is -4.57. The van der Waals surface area contributed by atoms with Crippen molar-refractivity contribution in [2.45, 2.75) is 20.0 Å². The molecule has 0 radical (unpaired) electrons. The molecule has 0 fully saturated rings. The maximum absolute atomic E-state index is 12.9. The second-order valence-electron chi connectivity index (χ2n) is 7.27. The van der Waals surface area contributed by atoms with E-state index in [0.29, 0.717) is 34.8 Å². The molecule has 2 aromatic rings. The van der Waals surface area contributed by atoms with Crippen molar-refractivity contribution in [3.8, 4) is 17.4 Å². The zero-order chi connectivity index (χ0) is 26.7. The number of methoxy groups -OCH3 is 1. The number of halogens is 4. The maximum Gasteiger partial charge on any atom is 0.417 e. The van der Waals surface area contributed by atoms with Crippen LogP contribution in [0.25, 0.3) is 6.08 Å². The van der Waals surface area contributed by atoms with Crippen molar-refractivity contribution in [2.75, 3.05) is 40.3 Å². The highest BCUT2D eigenvalue weighted by atomic mass is 35.5. The van der Waals surface area contributed by atoms with E-state index in [1.54, 1.807) is 31.3 Å². The smallest absolute Gasteiger partial charge is 0.417 e. The normalized spacial score (nSPS) is 12.6. The summed E-state index contributed by atoms with van der Waals surface area (Å²) < 4.78 is 49.6. The number of pyridine rings is 1. The number of likely N-dealkylation sites (N-methyl/N-ethyl adjacent to an activating group) is 1. The number of hydrogen-bond acceptors (Lipinski definition) is 7. The molecular formula is C24H28ClF3N4O3S. The molecule has 2 rings (SSSR count). The van der Waals surface area contributed by atoms with E-state index < -0.39 is 11.7 Å². The molecule has 0 atom stereocenters. The molecule has 1 N–H and O–H groups in total. The second-order valence-corrected chi connectivity index (χ2v) is 8.54. The lowest BCUT2D eigenvalue weighted by molar-refractivity contribution is -0.137. The fourth-order valence-electron chi connectivity index (χ4n) is 3.13. The molecule has 0 amide bonds. The molecule has 36 heavy (non-hydrogen) atoms. The molecule has 1 heterocycles. The van der Waals surface area contributed by atoms with Gasteiger partial charge in [-0.05, 0) is 42.9 Å². The zero-order valence-electron chi connectivity index (χ0n) is 20.4. The molecule has 7 nitrogen and oxygen atoms in total. The highest BCUT2D eigenvalue weighted by Gasteiger charge is 2.32. The van der Waals surface area contributed by atoms with Crippen molar-refractivity contribution < 1.29 is 27.4 Å². The Morgan fingerprint density at radius 1 is 1.25 bits per heavy atom. The number of alkyl halides is 3. The lowest BCUT2D eigenvalue weighted by Crippen LogP contribution is -2.35. The SMILES string of the molecule is CCN(CC)CCNC(=NC)/C(=C/c1ccc(Oc2ncc(C(F)(F)F)cc2Cl)c(OC)c1)SC=O. The van der Waals surface area contributed by atoms with E-state index in [-0.39, 0.29) is 16.7 Å². The number of aliphatic imine (C=N–C) groups is 1. The number of amidine groups is 1. The van der Waals surface area contributed by atoms with Gasteiger partial charge in [0.1, 0.15) is 10.9 Å². The van der Waals surface area contributed by atoms with Crippen LogP contribution < -0.4 is 14.8 Å². The van der Waals surface area contributed by atoms with Gasteiger partial charge in [0.15, 0.2) is 17.1 Å². The number of nitrogens with zero attached hydrogens (tertiary/aromatic N) is 3. The van der Waals surface area contributed by atoms with Gasteiger partial charge in [-0.1, -0.05) is 43.3 Å². The first-order chi connectivity index (χ1) is 17.2. The number of nitrogens with one attached hydrogen (secondary N) is 1. The van der Waals surface area contributed by atoms with Gasteiger partial charge < -0.3 is 19.7 Å². The van der Waals surface area contributed by atoms with E-state index in [1.165, 1.54) is 7.11 Å². The van der Waals surface area contributed by atoms with Crippen molar-refractivity contribution in [2.24, 2.45) is 4.99 Å². The molecule has 0 aliphatic heterocycles. The molecule has 1 aromatic heterocycles. The van der Waals surface area contributed by atoms with E-state index >= 15 is 0 Å². The Morgan fingerprint density at radius 2 is 1.97 bits per heavy atom. The average Bonchev–Trinajstić information content (AvgIpc) is 2.85. The van der Waals surface area contributed by atoms with Crippen LogP contribution in [0.2, 0.25) is 5.02 Å². The summed E-state index contributed by atoms with van der Waals surface area (Å²) in [6, 6.07) is 5.67. The maximum atomic E-state index is 12.9. The van der Waals surface area contributed by atoms with Gasteiger partial charge >= 0.3 is 6.18 Å². The highest BCUT2D eigenvalue weighted by Crippen LogP contribution is 2.37. The average molecular weight is 545 g/mol. The molecule has 0 bridgehead atoms. The summed E-state index contributed by atoms with van der Waals surface area (Å²) in [5.74, 6) is 0.872. The third-order valence-electron chi connectivity index (χ3n) is 5.07. The van der Waals surface area contributed by atoms with Crippen LogP contribution in [-0.2, 0) is 11.0 Å². The summed E-state index contributed by atoms with van der Waals surface area (Å²) in [4.78, 5) is 22.1. The minimum absolute atomic E-state index is 0.193. The third kappa shape index (κ3) is 8.42. The van der Waals surface area contributed by atoms with Crippen molar-refractivity contribution in [1.29, 1.82) is 0 Å². The first kappa shape index (κ1) is 29.5. The van der Waals surface area contributed by atoms with Crippen LogP contribution in [0.4, 0.5) is 13.2 Å². The van der Waals surface area contributed by atoms with Crippen LogP contribution >= 0.6 is 23.4 Å². The number of aromatic nitrogens is 1. The van der Waals surface area contributed by atoms with Crippen molar-refractivity contribution >= 4 is 40.9 Å². The monoisotopic (exact) mass is 544 g/mol. The summed E-state index contributed by atoms with van der Waals surface area (Å²) in [6.07, 6.45) is -2.16. The molecule has 0 unspecified atom stereocenters. The molecule has 196 valence electrons. The Morgan fingerprint density at radius 3 is 2.53 bits per heavy atom. The van der Waals surface area contributed by atoms with Gasteiger partial charge in [0.25, 0.3) is 0 Å². The van der Waals surface area contributed by atoms with Gasteiger partial charge in [-0.25, -0.2) is 4.98 Å². The molecule has 12 heteroatoms. The topological polar surface area (TPSA) is 76.1 Å². The van der Waals surface area contributed by atoms with Crippen LogP contribution in [0.5, 0.6) is 17.4 Å². The van der Waals surface area contributed by atoms with Crippen LogP contribution in [0, 0.1) is 0 Å². The number of rotatable bonds is 12. The molecule has 0 aliphatic rings. The van der Waals surface area contributed by atoms with E-state index in [9.17, 15) is 18.0 Å². The fourth-order valence-corrected chi connectivity index (χ4v) is 3.92. The summed E-state index contributed by atoms with van der Waals surface area (Å²) in [5, 5.41) is 2.98. The highest BCUT2D eigenvalue weighted by molar-refractivity contribution is 8.16. The van der Waals surface area contributed by atoms with E-state index in [0.717, 1.165) is 43.1 Å². The predicted molar refractivity (Wildman–Crippen MR) is 139 cm³/mol. The van der Waals surface area contributed by atoms with Gasteiger partial charge in [0.05, 0.1) is 17.6 Å². The van der Waals surface area contributed by atoms with E-state index in [4.69, 9.17) is 21.1 Å². The predicted octanol–water partition coefficient (Wildman–Crippen LogP) is 5.78. The van der Waals surface area contributed by atoms with Gasteiger partial charge in [-0.3, -0.25) is 9.79 Å². The van der Waals surface area contributed by atoms with E-state index in [2.05, 4.69) is 34.0 Å². The Balaban J connectivity index is 2.26. The number of carbonyl (C=O) groups is 1.